The van der Waals surface area contributed by atoms with E-state index in [9.17, 15) is 0 Å². The molecule has 51 heavy (non-hydrogen) atoms. The van der Waals surface area contributed by atoms with Gasteiger partial charge in [-0.2, -0.15) is 0 Å². The Kier molecular flexibility index (Phi) is 7.87. The third-order valence-corrected chi connectivity index (χ3v) is 9.69. The Labute approximate surface area is 299 Å². The molecule has 5 aromatic carbocycles. The Morgan fingerprint density at radius 2 is 0.922 bits per heavy atom. The van der Waals surface area contributed by atoms with Crippen molar-refractivity contribution in [3.63, 3.8) is 0 Å². The molecule has 0 saturated heterocycles. The lowest BCUT2D eigenvalue weighted by molar-refractivity contribution is 0.590. The molecule has 3 heterocycles. The van der Waals surface area contributed by atoms with Gasteiger partial charge < -0.3 is 4.57 Å². The minimum atomic E-state index is 0.0230. The summed E-state index contributed by atoms with van der Waals surface area (Å²) >= 11 is 0. The summed E-state index contributed by atoms with van der Waals surface area (Å²) in [5.41, 5.74) is 10.9. The van der Waals surface area contributed by atoms with Gasteiger partial charge in [-0.25, -0.2) is 15.0 Å². The number of benzene rings is 5. The molecule has 8 rings (SSSR count). The highest BCUT2D eigenvalue weighted by Crippen LogP contribution is 2.40. The van der Waals surface area contributed by atoms with Crippen LogP contribution in [0.1, 0.15) is 52.7 Å². The van der Waals surface area contributed by atoms with Gasteiger partial charge in [0.2, 0.25) is 0 Å². The van der Waals surface area contributed by atoms with Crippen molar-refractivity contribution < 1.29 is 0 Å². The summed E-state index contributed by atoms with van der Waals surface area (Å²) in [6.45, 7) is 13.7. The highest BCUT2D eigenvalue weighted by atomic mass is 15.0. The maximum Gasteiger partial charge on any atom is 0.164 e. The Morgan fingerprint density at radius 3 is 1.41 bits per heavy atom. The quantitative estimate of drug-likeness (QED) is 0.184. The van der Waals surface area contributed by atoms with Crippen molar-refractivity contribution >= 4 is 21.8 Å². The Bertz CT molecular complexity index is 2390. The molecule has 0 aliphatic rings. The maximum atomic E-state index is 5.16. The minimum Gasteiger partial charge on any atom is -0.309 e. The zero-order valence-corrected chi connectivity index (χ0v) is 30.0. The fourth-order valence-corrected chi connectivity index (χ4v) is 6.80. The largest absolute Gasteiger partial charge is 0.309 e. The summed E-state index contributed by atoms with van der Waals surface area (Å²) in [6, 6.07) is 44.9. The molecular formula is C46H41N5. The molecule has 0 atom stereocenters. The lowest BCUT2D eigenvalue weighted by Crippen LogP contribution is -2.10. The predicted octanol–water partition coefficient (Wildman–Crippen LogP) is 11.6. The minimum absolute atomic E-state index is 0.0230. The van der Waals surface area contributed by atoms with Gasteiger partial charge in [0, 0.05) is 45.5 Å². The van der Waals surface area contributed by atoms with E-state index in [4.69, 9.17) is 15.0 Å². The zero-order valence-electron chi connectivity index (χ0n) is 30.0. The van der Waals surface area contributed by atoms with Crippen molar-refractivity contribution in [1.82, 2.24) is 24.5 Å². The zero-order chi connectivity index (χ0) is 35.3. The number of nitrogens with zero attached hydrogens (tertiary/aromatic N) is 5. The summed E-state index contributed by atoms with van der Waals surface area (Å²) in [5, 5.41) is 2.50. The van der Waals surface area contributed by atoms with Gasteiger partial charge in [0.05, 0.1) is 11.0 Å². The van der Waals surface area contributed by atoms with Gasteiger partial charge in [-0.1, -0.05) is 120 Å². The van der Waals surface area contributed by atoms with Crippen molar-refractivity contribution in [2.24, 2.45) is 0 Å². The van der Waals surface area contributed by atoms with E-state index in [1.807, 2.05) is 85.2 Å². The molecule has 3 aromatic heterocycles. The van der Waals surface area contributed by atoms with Crippen molar-refractivity contribution in [2.45, 2.75) is 52.4 Å². The van der Waals surface area contributed by atoms with Crippen LogP contribution in [0, 0.1) is 0 Å². The van der Waals surface area contributed by atoms with E-state index in [2.05, 4.69) is 106 Å². The SMILES string of the molecule is CC(C)(C)c1ccc2c(c1)c1cc(C(C)(C)C)ccc1n2-c1ccc(-c2ccncc2)c(-c2nc(-c3ccccc3)nc(-c3ccccc3)n2)c1. The normalized spacial score (nSPS) is 12.1. The van der Waals surface area contributed by atoms with Crippen LogP contribution >= 0.6 is 0 Å². The van der Waals surface area contributed by atoms with Crippen molar-refractivity contribution in [3.8, 4) is 51.0 Å². The number of fused-ring (bicyclic) bond motifs is 3. The number of pyridine rings is 1. The summed E-state index contributed by atoms with van der Waals surface area (Å²) in [4.78, 5) is 19.6. The Hall–Kier alpha value is -5.94. The first-order chi connectivity index (χ1) is 24.5. The fraction of sp³-hybridized carbons (Fsp3) is 0.174. The average molecular weight is 664 g/mol. The number of aromatic nitrogens is 5. The second kappa shape index (κ2) is 12.4. The van der Waals surface area contributed by atoms with Crippen molar-refractivity contribution in [2.75, 3.05) is 0 Å². The van der Waals surface area contributed by atoms with Gasteiger partial charge in [-0.05, 0) is 81.6 Å². The second-order valence-electron chi connectivity index (χ2n) is 15.3. The second-order valence-corrected chi connectivity index (χ2v) is 15.3. The van der Waals surface area contributed by atoms with Crippen LogP contribution in [0.25, 0.3) is 72.8 Å². The standard InChI is InChI=1S/C46H41N5/c1-45(2,3)33-17-21-40-37(27-33)38-28-34(46(4,5)6)18-22-41(38)51(40)35-19-20-36(30-23-25-47-26-24-30)39(29-35)44-49-42(31-13-9-7-10-14-31)48-43(50-44)32-15-11-8-12-16-32/h7-29H,1-6H3. The van der Waals surface area contributed by atoms with Gasteiger partial charge in [0.1, 0.15) is 0 Å². The van der Waals surface area contributed by atoms with E-state index in [0.717, 1.165) is 44.5 Å². The van der Waals surface area contributed by atoms with Gasteiger partial charge in [-0.15, -0.1) is 0 Å². The monoisotopic (exact) mass is 663 g/mol. The van der Waals surface area contributed by atoms with E-state index < -0.39 is 0 Å². The highest BCUT2D eigenvalue weighted by Gasteiger charge is 2.22. The lowest BCUT2D eigenvalue weighted by atomic mass is 9.85. The molecule has 0 amide bonds. The summed E-state index contributed by atoms with van der Waals surface area (Å²) < 4.78 is 2.39. The smallest absolute Gasteiger partial charge is 0.164 e. The maximum absolute atomic E-state index is 5.16. The molecule has 250 valence electrons. The fourth-order valence-electron chi connectivity index (χ4n) is 6.80. The molecule has 0 N–H and O–H groups in total. The van der Waals surface area contributed by atoms with Crippen LogP contribution in [0.5, 0.6) is 0 Å². The van der Waals surface area contributed by atoms with E-state index in [0.29, 0.717) is 17.5 Å². The molecule has 0 aliphatic carbocycles. The predicted molar refractivity (Wildman–Crippen MR) is 211 cm³/mol. The van der Waals surface area contributed by atoms with Crippen LogP contribution in [0.3, 0.4) is 0 Å². The van der Waals surface area contributed by atoms with Crippen LogP contribution in [0.4, 0.5) is 0 Å². The summed E-state index contributed by atoms with van der Waals surface area (Å²) in [5.74, 6) is 1.88. The van der Waals surface area contributed by atoms with Crippen molar-refractivity contribution in [1.29, 1.82) is 0 Å². The van der Waals surface area contributed by atoms with Crippen LogP contribution < -0.4 is 0 Å². The van der Waals surface area contributed by atoms with Crippen LogP contribution in [-0.2, 0) is 10.8 Å². The molecule has 0 spiro atoms. The van der Waals surface area contributed by atoms with E-state index >= 15 is 0 Å². The van der Waals surface area contributed by atoms with E-state index in [1.54, 1.807) is 0 Å². The first-order valence-electron chi connectivity index (χ1n) is 17.6. The topological polar surface area (TPSA) is 56.5 Å². The van der Waals surface area contributed by atoms with Crippen LogP contribution in [-0.4, -0.2) is 24.5 Å². The average Bonchev–Trinajstić information content (AvgIpc) is 3.48. The van der Waals surface area contributed by atoms with Crippen molar-refractivity contribution in [3.05, 3.63) is 151 Å². The summed E-state index contributed by atoms with van der Waals surface area (Å²) in [7, 11) is 0. The molecule has 0 aliphatic heterocycles. The van der Waals surface area contributed by atoms with Crippen LogP contribution in [0.15, 0.2) is 140 Å². The highest BCUT2D eigenvalue weighted by molar-refractivity contribution is 6.10. The molecule has 5 heteroatoms. The number of hydrogen-bond acceptors (Lipinski definition) is 4. The third-order valence-electron chi connectivity index (χ3n) is 9.69. The number of hydrogen-bond donors (Lipinski definition) is 0. The Morgan fingerprint density at radius 1 is 0.431 bits per heavy atom. The van der Waals surface area contributed by atoms with Gasteiger partial charge in [-0.3, -0.25) is 4.98 Å². The molecule has 0 fully saturated rings. The third kappa shape index (κ3) is 6.10. The lowest BCUT2D eigenvalue weighted by Gasteiger charge is -2.19. The van der Waals surface area contributed by atoms with Gasteiger partial charge in [0.25, 0.3) is 0 Å². The van der Waals surface area contributed by atoms with Gasteiger partial charge in [0.15, 0.2) is 17.5 Å². The Balaban J connectivity index is 1.42. The van der Waals surface area contributed by atoms with Crippen LogP contribution in [0.2, 0.25) is 0 Å². The molecule has 0 radical (unpaired) electrons. The first-order valence-corrected chi connectivity index (χ1v) is 17.6. The molecule has 0 bridgehead atoms. The summed E-state index contributed by atoms with van der Waals surface area (Å²) in [6.07, 6.45) is 3.66. The van der Waals surface area contributed by atoms with Gasteiger partial charge >= 0.3 is 0 Å². The van der Waals surface area contributed by atoms with E-state index in [1.165, 1.54) is 21.9 Å². The molecule has 5 nitrogen and oxygen atoms in total. The van der Waals surface area contributed by atoms with E-state index in [-0.39, 0.29) is 10.8 Å². The molecule has 0 unspecified atom stereocenters. The molecular weight excluding hydrogens is 623 g/mol. The first kappa shape index (κ1) is 32.3. The molecule has 8 aromatic rings. The molecule has 0 saturated carbocycles. The number of rotatable bonds is 5.